The third-order valence-electron chi connectivity index (χ3n) is 6.00. The Balaban J connectivity index is 1.81. The van der Waals surface area contributed by atoms with Gasteiger partial charge >= 0.3 is 0 Å². The van der Waals surface area contributed by atoms with Crippen LogP contribution in [0.15, 0.2) is 18.2 Å². The summed E-state index contributed by atoms with van der Waals surface area (Å²) in [6, 6.07) is 5.96. The number of piperidine rings is 1. The van der Waals surface area contributed by atoms with Crippen LogP contribution in [0, 0.1) is 6.92 Å². The van der Waals surface area contributed by atoms with E-state index in [4.69, 9.17) is 11.6 Å². The lowest BCUT2D eigenvalue weighted by atomic mass is 9.78. The highest BCUT2D eigenvalue weighted by Gasteiger charge is 2.44. The van der Waals surface area contributed by atoms with Gasteiger partial charge in [0.1, 0.15) is 0 Å². The monoisotopic (exact) mass is 359 g/mol. The zero-order valence-corrected chi connectivity index (χ0v) is 15.7. The summed E-state index contributed by atoms with van der Waals surface area (Å²) >= 11 is 6.36. The van der Waals surface area contributed by atoms with E-state index in [-0.39, 0.29) is 5.54 Å². The maximum Gasteiger partial charge on any atom is 0.176 e. The maximum absolute atomic E-state index is 6.36. The molecule has 1 aliphatic heterocycles. The molecule has 0 radical (unpaired) electrons. The molecular weight excluding hydrogens is 334 g/mol. The first-order chi connectivity index (χ1) is 12.2. The second-order valence-electron chi connectivity index (χ2n) is 7.44. The first kappa shape index (κ1) is 17.0. The predicted octanol–water partition coefficient (Wildman–Crippen LogP) is 4.27. The molecule has 1 aromatic carbocycles. The van der Waals surface area contributed by atoms with E-state index in [1.807, 2.05) is 23.7 Å². The van der Waals surface area contributed by atoms with Gasteiger partial charge in [-0.25, -0.2) is 0 Å². The molecule has 1 aromatic heterocycles. The normalized spacial score (nSPS) is 21.4. The number of halogens is 1. The second-order valence-corrected chi connectivity index (χ2v) is 7.85. The summed E-state index contributed by atoms with van der Waals surface area (Å²) < 4.78 is 1.95. The van der Waals surface area contributed by atoms with Gasteiger partial charge in [0.15, 0.2) is 5.82 Å². The fourth-order valence-electron chi connectivity index (χ4n) is 4.60. The molecule has 1 aliphatic carbocycles. The molecule has 0 amide bonds. The molecule has 2 aliphatic rings. The van der Waals surface area contributed by atoms with Crippen LogP contribution in [0.2, 0.25) is 5.02 Å². The van der Waals surface area contributed by atoms with E-state index in [0.717, 1.165) is 48.0 Å². The van der Waals surface area contributed by atoms with Crippen molar-refractivity contribution < 1.29 is 0 Å². The number of aromatic nitrogens is 4. The summed E-state index contributed by atoms with van der Waals surface area (Å²) in [5.74, 6) is 1.000. The highest BCUT2D eigenvalue weighted by atomic mass is 35.5. The fourth-order valence-corrected chi connectivity index (χ4v) is 4.77. The fraction of sp³-hybridized carbons (Fsp3) is 0.632. The lowest BCUT2D eigenvalue weighted by molar-refractivity contribution is 0.0213. The highest BCUT2D eigenvalue weighted by molar-refractivity contribution is 6.31. The van der Waals surface area contributed by atoms with Crippen molar-refractivity contribution in [3.05, 3.63) is 34.6 Å². The Morgan fingerprint density at radius 2 is 1.72 bits per heavy atom. The number of benzene rings is 1. The van der Waals surface area contributed by atoms with Gasteiger partial charge in [-0.05, 0) is 73.8 Å². The number of hydrogen-bond acceptors (Lipinski definition) is 4. The van der Waals surface area contributed by atoms with Gasteiger partial charge in [0.2, 0.25) is 0 Å². The Morgan fingerprint density at radius 3 is 2.48 bits per heavy atom. The van der Waals surface area contributed by atoms with Gasteiger partial charge in [0.05, 0.1) is 11.2 Å². The standard InChI is InChI=1S/C19H26ClN5/c1-15-16(20)9-8-10-17(15)25-18(21-22-23-25)19(11-4-2-5-12-19)24-13-6-3-7-14-24/h8-10H,2-7,11-14H2,1H3. The number of likely N-dealkylation sites (tertiary alicyclic amines) is 1. The van der Waals surface area contributed by atoms with Gasteiger partial charge in [-0.2, -0.15) is 4.68 Å². The van der Waals surface area contributed by atoms with Gasteiger partial charge in [0.25, 0.3) is 0 Å². The molecule has 2 fully saturated rings. The summed E-state index contributed by atoms with van der Waals surface area (Å²) in [5, 5.41) is 13.8. The van der Waals surface area contributed by atoms with Crippen LogP contribution in [-0.2, 0) is 5.54 Å². The zero-order valence-electron chi connectivity index (χ0n) is 14.9. The third kappa shape index (κ3) is 2.97. The molecule has 4 rings (SSSR count). The quantitative estimate of drug-likeness (QED) is 0.821. The summed E-state index contributed by atoms with van der Waals surface area (Å²) in [7, 11) is 0. The Bertz CT molecular complexity index is 729. The highest BCUT2D eigenvalue weighted by Crippen LogP contribution is 2.43. The number of nitrogens with zero attached hydrogens (tertiary/aromatic N) is 5. The van der Waals surface area contributed by atoms with Crippen molar-refractivity contribution in [3.63, 3.8) is 0 Å². The molecule has 2 heterocycles. The first-order valence-electron chi connectivity index (χ1n) is 9.52. The first-order valence-corrected chi connectivity index (χ1v) is 9.89. The van der Waals surface area contributed by atoms with E-state index in [1.165, 1.54) is 38.5 Å². The van der Waals surface area contributed by atoms with Crippen molar-refractivity contribution in [2.24, 2.45) is 0 Å². The summed E-state index contributed by atoms with van der Waals surface area (Å²) in [5.41, 5.74) is 1.99. The van der Waals surface area contributed by atoms with Crippen LogP contribution in [0.25, 0.3) is 5.69 Å². The van der Waals surface area contributed by atoms with E-state index < -0.39 is 0 Å². The van der Waals surface area contributed by atoms with Crippen molar-refractivity contribution in [2.45, 2.75) is 63.8 Å². The SMILES string of the molecule is Cc1c(Cl)cccc1-n1nnnc1C1(N2CCCCC2)CCCCC1. The smallest absolute Gasteiger partial charge is 0.176 e. The van der Waals surface area contributed by atoms with E-state index in [0.29, 0.717) is 0 Å². The molecule has 0 N–H and O–H groups in total. The minimum Gasteiger partial charge on any atom is -0.291 e. The molecular formula is C19H26ClN5. The minimum absolute atomic E-state index is 0.0308. The molecule has 1 saturated carbocycles. The van der Waals surface area contributed by atoms with Crippen molar-refractivity contribution in [1.29, 1.82) is 0 Å². The van der Waals surface area contributed by atoms with E-state index in [9.17, 15) is 0 Å². The van der Waals surface area contributed by atoms with E-state index in [2.05, 4.69) is 26.5 Å². The molecule has 0 unspecified atom stereocenters. The van der Waals surface area contributed by atoms with E-state index >= 15 is 0 Å². The largest absolute Gasteiger partial charge is 0.291 e. The Labute approximate surface area is 154 Å². The summed E-state index contributed by atoms with van der Waals surface area (Å²) in [6.07, 6.45) is 9.99. The average molecular weight is 360 g/mol. The molecule has 0 bridgehead atoms. The van der Waals surface area contributed by atoms with Gasteiger partial charge in [-0.1, -0.05) is 43.4 Å². The Morgan fingerprint density at radius 1 is 1.00 bits per heavy atom. The van der Waals surface area contributed by atoms with Crippen molar-refractivity contribution in [2.75, 3.05) is 13.1 Å². The molecule has 0 spiro atoms. The molecule has 0 atom stereocenters. The van der Waals surface area contributed by atoms with Crippen LogP contribution in [0.3, 0.4) is 0 Å². The molecule has 1 saturated heterocycles. The number of hydrogen-bond donors (Lipinski definition) is 0. The lowest BCUT2D eigenvalue weighted by Gasteiger charge is -2.47. The van der Waals surface area contributed by atoms with Gasteiger partial charge in [-0.15, -0.1) is 5.10 Å². The van der Waals surface area contributed by atoms with Crippen LogP contribution in [0.4, 0.5) is 0 Å². The molecule has 6 heteroatoms. The number of rotatable bonds is 3. The molecule has 2 aromatic rings. The zero-order chi connectivity index (χ0) is 17.3. The van der Waals surface area contributed by atoms with Crippen LogP contribution >= 0.6 is 11.6 Å². The molecule has 25 heavy (non-hydrogen) atoms. The topological polar surface area (TPSA) is 46.8 Å². The van der Waals surface area contributed by atoms with Gasteiger partial charge < -0.3 is 0 Å². The van der Waals surface area contributed by atoms with Crippen LogP contribution in [-0.4, -0.2) is 38.2 Å². The van der Waals surface area contributed by atoms with Crippen molar-refractivity contribution >= 4 is 11.6 Å². The second kappa shape index (κ2) is 7.04. The molecule has 134 valence electrons. The predicted molar refractivity (Wildman–Crippen MR) is 99.1 cm³/mol. The van der Waals surface area contributed by atoms with Crippen LogP contribution in [0.1, 0.15) is 62.8 Å². The van der Waals surface area contributed by atoms with Crippen molar-refractivity contribution in [1.82, 2.24) is 25.1 Å². The third-order valence-corrected chi connectivity index (χ3v) is 6.40. The summed E-state index contributed by atoms with van der Waals surface area (Å²) in [4.78, 5) is 2.66. The molecule has 5 nitrogen and oxygen atoms in total. The summed E-state index contributed by atoms with van der Waals surface area (Å²) in [6.45, 7) is 4.35. The Hall–Kier alpha value is -1.46. The van der Waals surface area contributed by atoms with E-state index in [1.54, 1.807) is 0 Å². The lowest BCUT2D eigenvalue weighted by Crippen LogP contribution is -2.51. The maximum atomic E-state index is 6.36. The van der Waals surface area contributed by atoms with Crippen molar-refractivity contribution in [3.8, 4) is 5.69 Å². The van der Waals surface area contributed by atoms with Crippen LogP contribution < -0.4 is 0 Å². The van der Waals surface area contributed by atoms with Gasteiger partial charge in [-0.3, -0.25) is 4.90 Å². The minimum atomic E-state index is -0.0308. The van der Waals surface area contributed by atoms with Gasteiger partial charge in [0, 0.05) is 5.02 Å². The number of tetrazole rings is 1. The van der Waals surface area contributed by atoms with Crippen LogP contribution in [0.5, 0.6) is 0 Å². The Kier molecular flexibility index (Phi) is 4.78. The average Bonchev–Trinajstić information content (AvgIpc) is 3.15.